The van der Waals surface area contributed by atoms with Gasteiger partial charge in [-0.2, -0.15) is 5.23 Å². The molecular formula is C29H22N4O4S. The highest BCUT2D eigenvalue weighted by Crippen LogP contribution is 2.42. The third-order valence-corrected chi connectivity index (χ3v) is 7.72. The summed E-state index contributed by atoms with van der Waals surface area (Å²) in [4.78, 5) is 33.0. The topological polar surface area (TPSA) is 103 Å². The highest BCUT2D eigenvalue weighted by atomic mass is 32.2. The molecule has 9 heteroatoms. The molecule has 188 valence electrons. The number of amides is 1. The third-order valence-electron chi connectivity index (χ3n) is 6.50. The highest BCUT2D eigenvalue weighted by molar-refractivity contribution is 8.00. The Morgan fingerprint density at radius 2 is 1.50 bits per heavy atom. The molecule has 1 aliphatic rings. The molecular weight excluding hydrogens is 500 g/mol. The van der Waals surface area contributed by atoms with E-state index in [1.54, 1.807) is 39.8 Å². The van der Waals surface area contributed by atoms with E-state index < -0.39 is 5.23 Å². The van der Waals surface area contributed by atoms with Crippen LogP contribution < -0.4 is 15.7 Å². The Bertz CT molecular complexity index is 1690. The summed E-state index contributed by atoms with van der Waals surface area (Å²) in [6, 6.07) is 30.7. The fraction of sp³-hybridized carbons (Fsp3) is 0.0690. The van der Waals surface area contributed by atoms with Gasteiger partial charge in [-0.25, -0.2) is 10.2 Å². The van der Waals surface area contributed by atoms with Gasteiger partial charge < -0.3 is 5.21 Å². The van der Waals surface area contributed by atoms with Crippen LogP contribution in [0.5, 0.6) is 0 Å². The van der Waals surface area contributed by atoms with E-state index in [9.17, 15) is 20.0 Å². The molecule has 2 N–H and O–H groups in total. The Labute approximate surface area is 221 Å². The maximum absolute atomic E-state index is 13.6. The first-order chi connectivity index (χ1) is 18.5. The quantitative estimate of drug-likeness (QED) is 0.335. The van der Waals surface area contributed by atoms with Crippen LogP contribution in [0.15, 0.2) is 108 Å². The van der Waals surface area contributed by atoms with E-state index in [4.69, 9.17) is 4.98 Å². The summed E-state index contributed by atoms with van der Waals surface area (Å²) in [7, 11) is 0. The number of nitrogens with one attached hydrogen (secondary N) is 1. The standard InChI is InChI=1S/C29H22N4O4S/c34-26-18-38-29(20-10-12-23(13-11-20)33(36)37)31(26)21-14-16-22(17-15-21)32-27(19-6-2-1-3-7-19)30-25-9-5-4-8-24(25)28(32)35/h1-17,29,33,36H,18H2. The van der Waals surface area contributed by atoms with Crippen LogP contribution in [0.1, 0.15) is 10.9 Å². The number of carbonyl (C=O) groups is 1. The number of hydrogen-bond donors (Lipinski definition) is 2. The molecule has 5 aromatic rings. The van der Waals surface area contributed by atoms with E-state index in [1.807, 2.05) is 72.8 Å². The largest absolute Gasteiger partial charge is 0.595 e. The van der Waals surface area contributed by atoms with E-state index in [2.05, 4.69) is 0 Å². The summed E-state index contributed by atoms with van der Waals surface area (Å²) in [5, 5.41) is 19.7. The third kappa shape index (κ3) is 4.27. The predicted octanol–water partition coefficient (Wildman–Crippen LogP) is 4.23. The number of fused-ring (bicyclic) bond motifs is 1. The Balaban J connectivity index is 1.41. The van der Waals surface area contributed by atoms with Gasteiger partial charge in [-0.05, 0) is 42.0 Å². The Morgan fingerprint density at radius 1 is 0.842 bits per heavy atom. The van der Waals surface area contributed by atoms with Gasteiger partial charge in [-0.1, -0.05) is 54.6 Å². The van der Waals surface area contributed by atoms with Crippen molar-refractivity contribution in [2.45, 2.75) is 5.37 Å². The first-order valence-corrected chi connectivity index (χ1v) is 13.0. The van der Waals surface area contributed by atoms with Gasteiger partial charge in [0.15, 0.2) is 5.69 Å². The summed E-state index contributed by atoms with van der Waals surface area (Å²) in [5.41, 5.74) is 3.64. The summed E-state index contributed by atoms with van der Waals surface area (Å²) in [6.45, 7) is 0. The van der Waals surface area contributed by atoms with Crippen LogP contribution in [0, 0.1) is 5.21 Å². The van der Waals surface area contributed by atoms with Crippen LogP contribution in [0.4, 0.5) is 11.4 Å². The molecule has 38 heavy (non-hydrogen) atoms. The number of aromatic nitrogens is 2. The molecule has 0 saturated carbocycles. The van der Waals surface area contributed by atoms with Crippen molar-refractivity contribution in [2.24, 2.45) is 0 Å². The first kappa shape index (κ1) is 24.1. The van der Waals surface area contributed by atoms with Gasteiger partial charge in [0.1, 0.15) is 11.2 Å². The predicted molar refractivity (Wildman–Crippen MR) is 148 cm³/mol. The zero-order chi connectivity index (χ0) is 26.2. The van der Waals surface area contributed by atoms with E-state index in [-0.39, 0.29) is 22.5 Å². The minimum absolute atomic E-state index is 0.0374. The molecule has 1 amide bonds. The molecule has 1 saturated heterocycles. The average Bonchev–Trinajstić information content (AvgIpc) is 3.35. The summed E-state index contributed by atoms with van der Waals surface area (Å²) in [6.07, 6.45) is 0. The number of anilines is 1. The van der Waals surface area contributed by atoms with Crippen molar-refractivity contribution in [3.8, 4) is 17.1 Å². The maximum Gasteiger partial charge on any atom is 0.266 e. The number of quaternary nitrogens is 1. The van der Waals surface area contributed by atoms with E-state index in [1.165, 1.54) is 11.8 Å². The lowest BCUT2D eigenvalue weighted by molar-refractivity contribution is -0.991. The van der Waals surface area contributed by atoms with Gasteiger partial charge in [-0.15, -0.1) is 11.8 Å². The molecule has 6 rings (SSSR count). The second kappa shape index (κ2) is 9.88. The molecule has 8 nitrogen and oxygen atoms in total. The van der Waals surface area contributed by atoms with E-state index in [0.717, 1.165) is 11.1 Å². The van der Waals surface area contributed by atoms with Crippen molar-refractivity contribution in [3.05, 3.63) is 124 Å². The van der Waals surface area contributed by atoms with Crippen molar-refractivity contribution in [2.75, 3.05) is 10.7 Å². The van der Waals surface area contributed by atoms with Crippen molar-refractivity contribution in [1.29, 1.82) is 0 Å². The van der Waals surface area contributed by atoms with Gasteiger partial charge >= 0.3 is 0 Å². The number of hydrogen-bond acceptors (Lipinski definition) is 6. The van der Waals surface area contributed by atoms with Crippen LogP contribution in [0.25, 0.3) is 28.0 Å². The number of para-hydroxylation sites is 1. The molecule has 0 spiro atoms. The van der Waals surface area contributed by atoms with Gasteiger partial charge in [-0.3, -0.25) is 19.1 Å². The Hall–Kier alpha value is -4.28. The molecule has 0 radical (unpaired) electrons. The van der Waals surface area contributed by atoms with Crippen LogP contribution >= 0.6 is 11.8 Å². The highest BCUT2D eigenvalue weighted by Gasteiger charge is 2.34. The average molecular weight is 523 g/mol. The molecule has 0 aliphatic carbocycles. The van der Waals surface area contributed by atoms with Gasteiger partial charge in [0, 0.05) is 23.4 Å². The van der Waals surface area contributed by atoms with Crippen LogP contribution in [-0.4, -0.2) is 26.4 Å². The summed E-state index contributed by atoms with van der Waals surface area (Å²) >= 11 is 1.49. The molecule has 4 aromatic carbocycles. The fourth-order valence-electron chi connectivity index (χ4n) is 4.66. The number of carbonyl (C=O) groups excluding carboxylic acids is 1. The second-order valence-corrected chi connectivity index (χ2v) is 9.90. The van der Waals surface area contributed by atoms with Crippen molar-refractivity contribution in [1.82, 2.24) is 9.55 Å². The first-order valence-electron chi connectivity index (χ1n) is 12.0. The smallest absolute Gasteiger partial charge is 0.266 e. The number of thioether (sulfide) groups is 1. The minimum atomic E-state index is -0.993. The Kier molecular flexibility index (Phi) is 6.26. The van der Waals surface area contributed by atoms with Crippen molar-refractivity contribution in [3.63, 3.8) is 0 Å². The zero-order valence-electron chi connectivity index (χ0n) is 20.0. The van der Waals surface area contributed by atoms with Crippen LogP contribution in [0.2, 0.25) is 0 Å². The minimum Gasteiger partial charge on any atom is -0.595 e. The summed E-state index contributed by atoms with van der Waals surface area (Å²) in [5.74, 6) is 0.815. The molecule has 1 fully saturated rings. The van der Waals surface area contributed by atoms with Crippen LogP contribution in [-0.2, 0) is 4.79 Å². The summed E-state index contributed by atoms with van der Waals surface area (Å²) < 4.78 is 1.60. The fourth-order valence-corrected chi connectivity index (χ4v) is 5.83. The van der Waals surface area contributed by atoms with Crippen molar-refractivity contribution >= 4 is 39.9 Å². The van der Waals surface area contributed by atoms with Gasteiger partial charge in [0.05, 0.1) is 22.3 Å². The van der Waals surface area contributed by atoms with E-state index >= 15 is 0 Å². The Morgan fingerprint density at radius 3 is 2.21 bits per heavy atom. The van der Waals surface area contributed by atoms with E-state index in [0.29, 0.717) is 33.9 Å². The number of rotatable bonds is 5. The lowest BCUT2D eigenvalue weighted by atomic mass is 10.1. The molecule has 2 heterocycles. The lowest BCUT2D eigenvalue weighted by Gasteiger charge is -2.25. The van der Waals surface area contributed by atoms with Crippen LogP contribution in [0.3, 0.4) is 0 Å². The van der Waals surface area contributed by atoms with Gasteiger partial charge in [0.25, 0.3) is 5.56 Å². The number of nitrogens with zero attached hydrogens (tertiary/aromatic N) is 3. The lowest BCUT2D eigenvalue weighted by Crippen LogP contribution is -2.99. The maximum atomic E-state index is 13.6. The molecule has 0 bridgehead atoms. The molecule has 1 aliphatic heterocycles. The number of benzene rings is 4. The monoisotopic (exact) mass is 522 g/mol. The second-order valence-electron chi connectivity index (χ2n) is 8.83. The zero-order valence-corrected chi connectivity index (χ0v) is 20.8. The SMILES string of the molecule is O=C1CSC(c2ccc([NH+]([O-])O)cc2)N1c1ccc(-n2c(-c3ccccc3)nc3ccccc3c2=O)cc1. The molecule has 1 aromatic heterocycles. The van der Waals surface area contributed by atoms with Gasteiger partial charge in [0.2, 0.25) is 5.91 Å². The molecule has 2 atom stereocenters. The normalized spacial score (nSPS) is 16.2. The van der Waals surface area contributed by atoms with Crippen molar-refractivity contribution < 1.29 is 15.2 Å². The molecule has 2 unspecified atom stereocenters.